The molecule has 9 nitrogen and oxygen atoms in total. The molecule has 2 aliphatic rings. The first-order chi connectivity index (χ1) is 16.0. The monoisotopic (exact) mass is 450 g/mol. The van der Waals surface area contributed by atoms with Crippen LogP contribution in [-0.2, 0) is 0 Å². The summed E-state index contributed by atoms with van der Waals surface area (Å²) < 4.78 is 6.99. The maximum Gasteiger partial charge on any atom is 0.258 e. The lowest BCUT2D eigenvalue weighted by Gasteiger charge is -2.35. The summed E-state index contributed by atoms with van der Waals surface area (Å²) in [6.45, 7) is 4.35. The Morgan fingerprint density at radius 3 is 2.85 bits per heavy atom. The van der Waals surface area contributed by atoms with Gasteiger partial charge in [-0.05, 0) is 44.7 Å². The first-order valence-electron chi connectivity index (χ1n) is 11.5. The molecule has 174 valence electrons. The highest BCUT2D eigenvalue weighted by Gasteiger charge is 2.32. The van der Waals surface area contributed by atoms with Crippen LogP contribution in [-0.4, -0.2) is 63.3 Å². The van der Waals surface area contributed by atoms with Gasteiger partial charge in [0, 0.05) is 43.5 Å². The fourth-order valence-electron chi connectivity index (χ4n) is 4.98. The number of piperidine rings is 1. The highest BCUT2D eigenvalue weighted by molar-refractivity contribution is 5.98. The molecule has 33 heavy (non-hydrogen) atoms. The van der Waals surface area contributed by atoms with E-state index >= 15 is 0 Å². The molecule has 2 atom stereocenters. The Morgan fingerprint density at radius 1 is 1.24 bits per heavy atom. The van der Waals surface area contributed by atoms with Crippen LogP contribution in [0.25, 0.3) is 5.65 Å². The Kier molecular flexibility index (Phi) is 5.57. The molecule has 0 bridgehead atoms. The van der Waals surface area contributed by atoms with Crippen molar-refractivity contribution in [3.8, 4) is 11.5 Å². The van der Waals surface area contributed by atoms with Gasteiger partial charge in [0.05, 0.1) is 24.4 Å². The lowest BCUT2D eigenvalue weighted by molar-refractivity contribution is 0.0602. The average molecular weight is 451 g/mol. The minimum atomic E-state index is -0.218. The Bertz CT molecular complexity index is 1190. The summed E-state index contributed by atoms with van der Waals surface area (Å²) in [5.74, 6) is 0.884. The molecular formula is C24H30N6O3. The maximum absolute atomic E-state index is 13.4. The number of methoxy groups -OCH3 is 1. The number of likely N-dealkylation sites (tertiary alicyclic amines) is 1. The van der Waals surface area contributed by atoms with Crippen molar-refractivity contribution in [1.29, 1.82) is 0 Å². The minimum Gasteiger partial charge on any atom is -0.504 e. The summed E-state index contributed by atoms with van der Waals surface area (Å²) in [6, 6.07) is 6.96. The number of ether oxygens (including phenoxy) is 1. The van der Waals surface area contributed by atoms with Crippen LogP contribution in [0.5, 0.6) is 11.5 Å². The number of para-hydroxylation sites is 1. The van der Waals surface area contributed by atoms with Gasteiger partial charge in [-0.25, -0.2) is 9.50 Å². The second-order valence-corrected chi connectivity index (χ2v) is 8.98. The van der Waals surface area contributed by atoms with E-state index in [2.05, 4.69) is 4.90 Å². The normalized spacial score (nSPS) is 21.1. The molecule has 9 heteroatoms. The first kappa shape index (κ1) is 21.5. The number of aromatic nitrogens is 3. The molecule has 3 N–H and O–H groups in total. The van der Waals surface area contributed by atoms with Gasteiger partial charge in [-0.2, -0.15) is 5.10 Å². The molecule has 1 aromatic carbocycles. The third-order valence-electron chi connectivity index (χ3n) is 6.70. The van der Waals surface area contributed by atoms with Crippen LogP contribution in [0.2, 0.25) is 0 Å². The van der Waals surface area contributed by atoms with Crippen molar-refractivity contribution < 1.29 is 14.6 Å². The molecule has 0 saturated carbocycles. The van der Waals surface area contributed by atoms with E-state index in [-0.39, 0.29) is 35.1 Å². The van der Waals surface area contributed by atoms with Gasteiger partial charge >= 0.3 is 0 Å². The van der Waals surface area contributed by atoms with Crippen molar-refractivity contribution in [2.45, 2.75) is 44.7 Å². The number of carbonyl (C=O) groups excluding carboxylic acids is 1. The van der Waals surface area contributed by atoms with Gasteiger partial charge in [0.1, 0.15) is 5.82 Å². The van der Waals surface area contributed by atoms with Gasteiger partial charge in [0.25, 0.3) is 5.91 Å². The van der Waals surface area contributed by atoms with Crippen molar-refractivity contribution in [2.24, 2.45) is 5.73 Å². The van der Waals surface area contributed by atoms with Crippen molar-refractivity contribution in [1.82, 2.24) is 19.5 Å². The van der Waals surface area contributed by atoms with Gasteiger partial charge in [-0.3, -0.25) is 4.79 Å². The number of benzene rings is 1. The number of phenolic OH excluding ortho intramolecular Hbond substituents is 1. The van der Waals surface area contributed by atoms with E-state index in [0.717, 1.165) is 61.5 Å². The number of phenols is 1. The van der Waals surface area contributed by atoms with Gasteiger partial charge in [0.2, 0.25) is 0 Å². The van der Waals surface area contributed by atoms with Gasteiger partial charge in [-0.1, -0.05) is 6.07 Å². The number of nitrogens with two attached hydrogens (primary N) is 1. The minimum absolute atomic E-state index is 0.130. The number of hydrogen-bond donors (Lipinski definition) is 2. The number of anilines is 1. The molecule has 5 rings (SSSR count). The SMILES string of the molecule is COc1cccc(C(=O)N2CCCC[C@H]2c2cc3nc(N4CC[C@H](N)C4)c(C)cn3n2)c1O. The molecule has 1 amide bonds. The lowest BCUT2D eigenvalue weighted by Crippen LogP contribution is -2.38. The van der Waals surface area contributed by atoms with Crippen molar-refractivity contribution in [2.75, 3.05) is 31.6 Å². The molecule has 4 heterocycles. The molecule has 3 aromatic rings. The van der Waals surface area contributed by atoms with Crippen molar-refractivity contribution in [3.05, 3.63) is 47.3 Å². The fourth-order valence-corrected chi connectivity index (χ4v) is 4.98. The number of aromatic hydroxyl groups is 1. The second-order valence-electron chi connectivity index (χ2n) is 8.98. The quantitative estimate of drug-likeness (QED) is 0.629. The average Bonchev–Trinajstić information content (AvgIpc) is 3.44. The van der Waals surface area contributed by atoms with Gasteiger partial charge in [-0.15, -0.1) is 0 Å². The van der Waals surface area contributed by atoms with E-state index in [1.54, 1.807) is 22.7 Å². The highest BCUT2D eigenvalue weighted by Crippen LogP contribution is 2.36. The number of rotatable bonds is 4. The Hall–Kier alpha value is -3.33. The number of carbonyl (C=O) groups is 1. The Balaban J connectivity index is 1.48. The second kappa shape index (κ2) is 8.55. The van der Waals surface area contributed by atoms with Crippen molar-refractivity contribution >= 4 is 17.4 Å². The summed E-state index contributed by atoms with van der Waals surface area (Å²) >= 11 is 0. The third kappa shape index (κ3) is 3.86. The number of fused-ring (bicyclic) bond motifs is 1. The number of nitrogens with zero attached hydrogens (tertiary/aromatic N) is 5. The topological polar surface area (TPSA) is 109 Å². The van der Waals surface area contributed by atoms with Crippen molar-refractivity contribution in [3.63, 3.8) is 0 Å². The zero-order valence-corrected chi connectivity index (χ0v) is 19.1. The predicted octanol–water partition coefficient (Wildman–Crippen LogP) is 2.66. The van der Waals surface area contributed by atoms with E-state index in [9.17, 15) is 9.90 Å². The number of amides is 1. The fraction of sp³-hybridized carbons (Fsp3) is 0.458. The molecule has 2 saturated heterocycles. The zero-order chi connectivity index (χ0) is 23.1. The van der Waals surface area contributed by atoms with E-state index in [1.165, 1.54) is 7.11 Å². The van der Waals surface area contributed by atoms with E-state index < -0.39 is 0 Å². The number of hydrogen-bond acceptors (Lipinski definition) is 7. The summed E-state index contributed by atoms with van der Waals surface area (Å²) in [4.78, 5) is 22.4. The van der Waals surface area contributed by atoms with Gasteiger partial charge < -0.3 is 25.4 Å². The standard InChI is InChI=1S/C24H30N6O3/c1-15-13-30-21(26-23(15)28-11-9-16(25)14-28)12-18(27-30)19-7-3-4-10-29(19)24(32)17-6-5-8-20(33-2)22(17)31/h5-6,8,12-13,16,19,31H,3-4,7,9-11,14,25H2,1-2H3/t16-,19-/m0/s1. The smallest absolute Gasteiger partial charge is 0.258 e. The predicted molar refractivity (Wildman–Crippen MR) is 125 cm³/mol. The van der Waals surface area contributed by atoms with Crippen LogP contribution in [0.4, 0.5) is 5.82 Å². The molecule has 2 aromatic heterocycles. The molecular weight excluding hydrogens is 420 g/mol. The molecule has 2 fully saturated rings. The maximum atomic E-state index is 13.4. The van der Waals surface area contributed by atoms with Crippen LogP contribution in [0.3, 0.4) is 0 Å². The largest absolute Gasteiger partial charge is 0.504 e. The molecule has 2 aliphatic heterocycles. The zero-order valence-electron chi connectivity index (χ0n) is 19.1. The summed E-state index contributed by atoms with van der Waals surface area (Å²) in [5, 5.41) is 15.3. The van der Waals surface area contributed by atoms with Crippen LogP contribution in [0.1, 0.15) is 53.3 Å². The Morgan fingerprint density at radius 2 is 2.09 bits per heavy atom. The third-order valence-corrected chi connectivity index (χ3v) is 6.70. The number of aryl methyl sites for hydroxylation is 1. The molecule has 0 spiro atoms. The highest BCUT2D eigenvalue weighted by atomic mass is 16.5. The van der Waals surface area contributed by atoms with E-state index in [1.807, 2.05) is 24.1 Å². The van der Waals surface area contributed by atoms with Gasteiger partial charge in [0.15, 0.2) is 17.1 Å². The molecule has 0 aliphatic carbocycles. The molecule has 0 unspecified atom stereocenters. The summed E-state index contributed by atoms with van der Waals surface area (Å²) in [5.41, 5.74) is 8.96. The van der Waals surface area contributed by atoms with E-state index in [0.29, 0.717) is 6.54 Å². The van der Waals surface area contributed by atoms with Crippen LogP contribution < -0.4 is 15.4 Å². The lowest BCUT2D eigenvalue weighted by atomic mass is 9.98. The van der Waals surface area contributed by atoms with Crippen LogP contribution >= 0.6 is 0 Å². The first-order valence-corrected chi connectivity index (χ1v) is 11.5. The van der Waals surface area contributed by atoms with E-state index in [4.69, 9.17) is 20.6 Å². The molecule has 0 radical (unpaired) electrons. The summed E-state index contributed by atoms with van der Waals surface area (Å²) in [6.07, 6.45) is 5.70. The van der Waals surface area contributed by atoms with Crippen LogP contribution in [0, 0.1) is 6.92 Å². The Labute approximate surface area is 192 Å². The van der Waals surface area contributed by atoms with Crippen LogP contribution in [0.15, 0.2) is 30.5 Å². The summed E-state index contributed by atoms with van der Waals surface area (Å²) in [7, 11) is 1.47.